The zero-order valence-corrected chi connectivity index (χ0v) is 22.2. The molecule has 3 aliphatic rings. The molecule has 1 aliphatic heterocycles. The quantitative estimate of drug-likeness (QED) is 0.532. The number of rotatable bonds is 4. The molecule has 4 nitrogen and oxygen atoms in total. The molecule has 38 heavy (non-hydrogen) atoms. The highest BCUT2D eigenvalue weighted by Crippen LogP contribution is 2.55. The molecule has 1 amide bonds. The van der Waals surface area contributed by atoms with Gasteiger partial charge in [0.05, 0.1) is 12.7 Å². The molecule has 1 heterocycles. The van der Waals surface area contributed by atoms with E-state index < -0.39 is 11.7 Å². The van der Waals surface area contributed by atoms with Crippen LogP contribution in [0.2, 0.25) is 0 Å². The van der Waals surface area contributed by atoms with E-state index in [0.717, 1.165) is 56.5 Å². The van der Waals surface area contributed by atoms with Gasteiger partial charge in [0.25, 0.3) is 5.91 Å². The fourth-order valence-corrected chi connectivity index (χ4v) is 7.13. The number of carbonyl (C=O) groups excluding carboxylic acids is 1. The minimum atomic E-state index is -4.40. The Morgan fingerprint density at radius 3 is 2.63 bits per heavy atom. The Labute approximate surface area is 222 Å². The summed E-state index contributed by atoms with van der Waals surface area (Å²) in [4.78, 5) is 15.4. The lowest BCUT2D eigenvalue weighted by molar-refractivity contribution is -0.137. The van der Waals surface area contributed by atoms with Crippen LogP contribution in [0.5, 0.6) is 5.75 Å². The normalized spacial score (nSPS) is 26.0. The van der Waals surface area contributed by atoms with Gasteiger partial charge in [-0.05, 0) is 91.9 Å². The first-order valence-corrected chi connectivity index (χ1v) is 13.5. The van der Waals surface area contributed by atoms with E-state index in [1.54, 1.807) is 7.11 Å². The first-order valence-electron chi connectivity index (χ1n) is 13.5. The van der Waals surface area contributed by atoms with E-state index in [0.29, 0.717) is 24.1 Å². The summed E-state index contributed by atoms with van der Waals surface area (Å²) in [6, 6.07) is 11.5. The van der Waals surface area contributed by atoms with Gasteiger partial charge < -0.3 is 15.0 Å². The molecule has 202 valence electrons. The van der Waals surface area contributed by atoms with Gasteiger partial charge in [0.1, 0.15) is 5.75 Å². The number of nitrogens with zero attached hydrogens (tertiary/aromatic N) is 1. The largest absolute Gasteiger partial charge is 0.496 e. The predicted octanol–water partition coefficient (Wildman–Crippen LogP) is 5.57. The molecular formula is C31H35F3N2O2. The van der Waals surface area contributed by atoms with Crippen LogP contribution >= 0.6 is 0 Å². The Kier molecular flexibility index (Phi) is 7.21. The Morgan fingerprint density at radius 1 is 1.18 bits per heavy atom. The minimum absolute atomic E-state index is 0.0165. The number of benzene rings is 2. The first kappa shape index (κ1) is 26.6. The molecule has 2 bridgehead atoms. The number of carbonyl (C=O) groups is 1. The van der Waals surface area contributed by atoms with E-state index in [-0.39, 0.29) is 23.3 Å². The van der Waals surface area contributed by atoms with Gasteiger partial charge in [-0.15, -0.1) is 0 Å². The highest BCUT2D eigenvalue weighted by molar-refractivity contribution is 5.94. The lowest BCUT2D eigenvalue weighted by Crippen LogP contribution is -2.63. The Hall–Kier alpha value is -2.98. The lowest BCUT2D eigenvalue weighted by Gasteiger charge is -2.58. The standard InChI is InChI=1S/C31H35F3N2O2/c1-20(2)19-36(29(37)14-9-21-7-10-22(11-8-21)31(32,33)34)23-12-13-26-27-17-24-25(5-4-6-28(24)38-3)30(26,18-23)15-16-35-27/h4-8,10-11,20,23,26-27,35H,12-13,15-19H2,1-3H3/t23-,26-,27+,30+/m0/s1. The number of piperidine rings is 1. The minimum Gasteiger partial charge on any atom is -0.496 e. The topological polar surface area (TPSA) is 41.6 Å². The molecule has 2 aromatic rings. The number of hydrogen-bond donors (Lipinski definition) is 1. The van der Waals surface area contributed by atoms with Crippen LogP contribution < -0.4 is 10.1 Å². The van der Waals surface area contributed by atoms with E-state index in [1.165, 1.54) is 23.3 Å². The summed E-state index contributed by atoms with van der Waals surface area (Å²) in [6.07, 6.45) is 0.424. The number of amides is 1. The van der Waals surface area contributed by atoms with Crippen LogP contribution in [-0.2, 0) is 22.8 Å². The summed E-state index contributed by atoms with van der Waals surface area (Å²) < 4.78 is 44.4. The van der Waals surface area contributed by atoms with Crippen LogP contribution in [0.25, 0.3) is 0 Å². The van der Waals surface area contributed by atoms with Crippen LogP contribution in [0.4, 0.5) is 13.2 Å². The summed E-state index contributed by atoms with van der Waals surface area (Å²) in [5.41, 5.74) is 2.31. The summed E-state index contributed by atoms with van der Waals surface area (Å²) >= 11 is 0. The van der Waals surface area contributed by atoms with Crippen LogP contribution in [-0.4, -0.2) is 43.1 Å². The molecule has 1 saturated carbocycles. The molecule has 0 radical (unpaired) electrons. The van der Waals surface area contributed by atoms with E-state index in [9.17, 15) is 18.0 Å². The van der Waals surface area contributed by atoms with Gasteiger partial charge in [0, 0.05) is 35.5 Å². The molecule has 2 aliphatic carbocycles. The molecular weight excluding hydrogens is 489 g/mol. The molecule has 0 aromatic heterocycles. The Morgan fingerprint density at radius 2 is 1.95 bits per heavy atom. The summed E-state index contributed by atoms with van der Waals surface area (Å²) in [5, 5.41) is 3.76. The number of halogens is 3. The van der Waals surface area contributed by atoms with Gasteiger partial charge >= 0.3 is 6.18 Å². The fourth-order valence-electron chi connectivity index (χ4n) is 7.13. The van der Waals surface area contributed by atoms with Gasteiger partial charge in [-0.1, -0.05) is 31.9 Å². The molecule has 4 atom stereocenters. The maximum Gasteiger partial charge on any atom is 0.416 e. The van der Waals surface area contributed by atoms with Gasteiger partial charge in [-0.25, -0.2) is 0 Å². The van der Waals surface area contributed by atoms with Crippen molar-refractivity contribution in [1.29, 1.82) is 0 Å². The van der Waals surface area contributed by atoms with E-state index in [2.05, 4.69) is 43.1 Å². The average Bonchev–Trinajstić information content (AvgIpc) is 2.89. The number of ether oxygens (including phenoxy) is 1. The van der Waals surface area contributed by atoms with Crippen molar-refractivity contribution in [2.24, 2.45) is 11.8 Å². The van der Waals surface area contributed by atoms with Crippen molar-refractivity contribution in [3.8, 4) is 17.6 Å². The lowest BCUT2D eigenvalue weighted by atomic mass is 9.51. The molecule has 0 unspecified atom stereocenters. The highest BCUT2D eigenvalue weighted by Gasteiger charge is 2.54. The second kappa shape index (κ2) is 10.3. The van der Waals surface area contributed by atoms with Crippen molar-refractivity contribution in [1.82, 2.24) is 10.2 Å². The number of fused-ring (bicyclic) bond motifs is 1. The third kappa shape index (κ3) is 4.91. The van der Waals surface area contributed by atoms with Crippen LogP contribution in [0, 0.1) is 23.7 Å². The molecule has 5 rings (SSSR count). The predicted molar refractivity (Wildman–Crippen MR) is 141 cm³/mol. The average molecular weight is 525 g/mol. The maximum atomic E-state index is 13.5. The first-order chi connectivity index (χ1) is 18.1. The third-order valence-electron chi connectivity index (χ3n) is 8.69. The van der Waals surface area contributed by atoms with Crippen LogP contribution in [0.15, 0.2) is 42.5 Å². The van der Waals surface area contributed by atoms with Crippen molar-refractivity contribution in [2.75, 3.05) is 20.2 Å². The van der Waals surface area contributed by atoms with Crippen molar-refractivity contribution in [2.45, 2.75) is 69.6 Å². The van der Waals surface area contributed by atoms with Crippen LogP contribution in [0.3, 0.4) is 0 Å². The monoisotopic (exact) mass is 524 g/mol. The molecule has 7 heteroatoms. The van der Waals surface area contributed by atoms with Crippen molar-refractivity contribution < 1.29 is 22.7 Å². The number of hydrogen-bond acceptors (Lipinski definition) is 3. The number of nitrogens with one attached hydrogen (secondary N) is 1. The summed E-state index contributed by atoms with van der Waals surface area (Å²) in [6.45, 7) is 5.73. The Balaban J connectivity index is 1.43. The SMILES string of the molecule is COc1cccc2c1C[C@H]1NCC[C@@]23C[C@@H](N(CC(C)C)C(=O)C#Cc2ccc(C(F)(F)F)cc2)CC[C@@H]13. The smallest absolute Gasteiger partial charge is 0.416 e. The number of alkyl halides is 3. The second-order valence-corrected chi connectivity index (χ2v) is 11.4. The zero-order chi connectivity index (χ0) is 27.1. The Bertz CT molecular complexity index is 1240. The fraction of sp³-hybridized carbons (Fsp3) is 0.516. The van der Waals surface area contributed by atoms with Gasteiger partial charge in [0.15, 0.2) is 0 Å². The summed E-state index contributed by atoms with van der Waals surface area (Å²) in [5.74, 6) is 7.02. The summed E-state index contributed by atoms with van der Waals surface area (Å²) in [7, 11) is 1.73. The van der Waals surface area contributed by atoms with Crippen molar-refractivity contribution >= 4 is 5.91 Å². The van der Waals surface area contributed by atoms with Gasteiger partial charge in [0.2, 0.25) is 0 Å². The van der Waals surface area contributed by atoms with Gasteiger partial charge in [-0.3, -0.25) is 4.79 Å². The maximum absolute atomic E-state index is 13.5. The van der Waals surface area contributed by atoms with Crippen molar-refractivity contribution in [3.05, 3.63) is 64.7 Å². The van der Waals surface area contributed by atoms with Gasteiger partial charge in [-0.2, -0.15) is 13.2 Å². The third-order valence-corrected chi connectivity index (χ3v) is 8.69. The molecule has 1 N–H and O–H groups in total. The molecule has 1 saturated heterocycles. The number of methoxy groups -OCH3 is 1. The highest BCUT2D eigenvalue weighted by atomic mass is 19.4. The molecule has 2 fully saturated rings. The zero-order valence-electron chi connectivity index (χ0n) is 22.2. The van der Waals surface area contributed by atoms with E-state index in [4.69, 9.17) is 4.74 Å². The molecule has 2 aromatic carbocycles. The molecule has 0 spiro atoms. The second-order valence-electron chi connectivity index (χ2n) is 11.4. The van der Waals surface area contributed by atoms with Crippen LogP contribution in [0.1, 0.15) is 61.8 Å². The van der Waals surface area contributed by atoms with E-state index >= 15 is 0 Å². The van der Waals surface area contributed by atoms with E-state index in [1.807, 2.05) is 11.0 Å². The van der Waals surface area contributed by atoms with Crippen molar-refractivity contribution in [3.63, 3.8) is 0 Å².